The summed E-state index contributed by atoms with van der Waals surface area (Å²) in [5.74, 6) is -0.177. The molecule has 0 aromatic heterocycles. The molecule has 104 valence electrons. The van der Waals surface area contributed by atoms with Gasteiger partial charge in [0.15, 0.2) is 0 Å². The van der Waals surface area contributed by atoms with Gasteiger partial charge in [-0.2, -0.15) is 0 Å². The monoisotopic (exact) mass is 282 g/mol. The van der Waals surface area contributed by atoms with E-state index in [1.165, 1.54) is 12.8 Å². The lowest BCUT2D eigenvalue weighted by molar-refractivity contribution is -0.120. The van der Waals surface area contributed by atoms with E-state index in [4.69, 9.17) is 16.3 Å². The zero-order valence-electron chi connectivity index (χ0n) is 10.8. The van der Waals surface area contributed by atoms with Crippen molar-refractivity contribution in [2.24, 2.45) is 0 Å². The first-order valence-corrected chi connectivity index (χ1v) is 6.99. The van der Waals surface area contributed by atoms with E-state index < -0.39 is 0 Å². The Bertz CT molecular complexity index is 420. The van der Waals surface area contributed by atoms with Crippen molar-refractivity contribution in [1.82, 2.24) is 5.32 Å². The van der Waals surface area contributed by atoms with Crippen molar-refractivity contribution in [2.45, 2.75) is 25.3 Å². The zero-order chi connectivity index (χ0) is 13.5. The molecule has 0 saturated carbocycles. The Labute approximate surface area is 118 Å². The minimum Gasteiger partial charge on any atom is -0.370 e. The van der Waals surface area contributed by atoms with Crippen LogP contribution in [-0.2, 0) is 9.53 Å². The predicted molar refractivity (Wildman–Crippen MR) is 76.5 cm³/mol. The molecule has 1 aliphatic rings. The smallest absolute Gasteiger partial charge is 0.250 e. The molecule has 0 spiro atoms. The van der Waals surface area contributed by atoms with E-state index in [2.05, 4.69) is 10.6 Å². The molecule has 0 aliphatic carbocycles. The van der Waals surface area contributed by atoms with E-state index in [1.807, 2.05) is 12.1 Å². The number of piperidine rings is 1. The van der Waals surface area contributed by atoms with Crippen LogP contribution < -0.4 is 10.6 Å². The third-order valence-corrected chi connectivity index (χ3v) is 3.44. The highest BCUT2D eigenvalue weighted by Crippen LogP contribution is 2.20. The van der Waals surface area contributed by atoms with Crippen molar-refractivity contribution in [1.29, 1.82) is 0 Å². The number of halogens is 1. The molecule has 1 amide bonds. The first-order valence-electron chi connectivity index (χ1n) is 6.61. The molecular weight excluding hydrogens is 264 g/mol. The minimum atomic E-state index is -0.177. The van der Waals surface area contributed by atoms with Gasteiger partial charge < -0.3 is 15.4 Å². The Hall–Kier alpha value is -1.10. The first-order chi connectivity index (χ1) is 9.25. The van der Waals surface area contributed by atoms with Crippen LogP contribution in [0.15, 0.2) is 24.3 Å². The number of carbonyl (C=O) groups excluding carboxylic acids is 1. The Morgan fingerprint density at radius 2 is 2.26 bits per heavy atom. The molecule has 1 saturated heterocycles. The molecule has 5 heteroatoms. The highest BCUT2D eigenvalue weighted by Gasteiger charge is 2.13. The fraction of sp³-hybridized carbons (Fsp3) is 0.500. The summed E-state index contributed by atoms with van der Waals surface area (Å²) >= 11 is 5.96. The minimum absolute atomic E-state index is 0.0589. The number of hydrogen-bond acceptors (Lipinski definition) is 3. The van der Waals surface area contributed by atoms with Crippen molar-refractivity contribution in [3.63, 3.8) is 0 Å². The van der Waals surface area contributed by atoms with Crippen LogP contribution in [-0.4, -0.2) is 31.7 Å². The lowest BCUT2D eigenvalue weighted by Gasteiger charge is -2.23. The summed E-state index contributed by atoms with van der Waals surface area (Å²) in [4.78, 5) is 11.7. The molecule has 2 rings (SSSR count). The quantitative estimate of drug-likeness (QED) is 0.872. The van der Waals surface area contributed by atoms with Crippen molar-refractivity contribution in [3.05, 3.63) is 29.3 Å². The number of anilines is 1. The second-order valence-electron chi connectivity index (χ2n) is 4.69. The van der Waals surface area contributed by atoms with E-state index in [9.17, 15) is 4.79 Å². The summed E-state index contributed by atoms with van der Waals surface area (Å²) in [6.45, 7) is 1.68. The molecule has 1 aromatic rings. The number of carbonyl (C=O) groups is 1. The number of benzene rings is 1. The Balaban J connectivity index is 1.68. The number of hydrogen-bond donors (Lipinski definition) is 2. The SMILES string of the molecule is O=C(COCC1CCCCN1)Nc1ccccc1Cl. The highest BCUT2D eigenvalue weighted by atomic mass is 35.5. The maximum atomic E-state index is 11.7. The largest absolute Gasteiger partial charge is 0.370 e. The topological polar surface area (TPSA) is 50.4 Å². The van der Waals surface area contributed by atoms with Crippen LogP contribution in [0.25, 0.3) is 0 Å². The van der Waals surface area contributed by atoms with Gasteiger partial charge in [-0.15, -0.1) is 0 Å². The summed E-state index contributed by atoms with van der Waals surface area (Å²) in [5, 5.41) is 6.64. The molecule has 0 radical (unpaired) electrons. The summed E-state index contributed by atoms with van der Waals surface area (Å²) in [6, 6.07) is 7.53. The second kappa shape index (κ2) is 7.48. The second-order valence-corrected chi connectivity index (χ2v) is 5.10. The lowest BCUT2D eigenvalue weighted by Crippen LogP contribution is -2.38. The van der Waals surface area contributed by atoms with Gasteiger partial charge in [0.25, 0.3) is 0 Å². The van der Waals surface area contributed by atoms with Gasteiger partial charge in [-0.3, -0.25) is 4.79 Å². The zero-order valence-corrected chi connectivity index (χ0v) is 11.6. The number of nitrogens with one attached hydrogen (secondary N) is 2. The maximum absolute atomic E-state index is 11.7. The van der Waals surface area contributed by atoms with Gasteiger partial charge in [-0.05, 0) is 31.5 Å². The van der Waals surface area contributed by atoms with E-state index in [0.29, 0.717) is 23.4 Å². The van der Waals surface area contributed by atoms with Crippen molar-refractivity contribution >= 4 is 23.2 Å². The molecule has 1 heterocycles. The highest BCUT2D eigenvalue weighted by molar-refractivity contribution is 6.33. The summed E-state index contributed by atoms with van der Waals surface area (Å²) in [5.41, 5.74) is 0.619. The van der Waals surface area contributed by atoms with Gasteiger partial charge >= 0.3 is 0 Å². The first kappa shape index (κ1) is 14.3. The molecule has 4 nitrogen and oxygen atoms in total. The van der Waals surface area contributed by atoms with Crippen LogP contribution in [0.4, 0.5) is 5.69 Å². The van der Waals surface area contributed by atoms with Crippen LogP contribution in [0.5, 0.6) is 0 Å². The average molecular weight is 283 g/mol. The molecule has 1 aromatic carbocycles. The Morgan fingerprint density at radius 3 is 3.00 bits per heavy atom. The molecule has 1 unspecified atom stereocenters. The predicted octanol–water partition coefficient (Wildman–Crippen LogP) is 2.44. The molecule has 1 fully saturated rings. The summed E-state index contributed by atoms with van der Waals surface area (Å²) in [6.07, 6.45) is 3.57. The molecule has 19 heavy (non-hydrogen) atoms. The lowest BCUT2D eigenvalue weighted by atomic mass is 10.1. The summed E-state index contributed by atoms with van der Waals surface area (Å²) < 4.78 is 5.43. The fourth-order valence-corrected chi connectivity index (χ4v) is 2.29. The summed E-state index contributed by atoms with van der Waals surface area (Å²) in [7, 11) is 0. The third kappa shape index (κ3) is 4.82. The number of para-hydroxylation sites is 1. The van der Waals surface area contributed by atoms with Crippen molar-refractivity contribution in [3.8, 4) is 0 Å². The van der Waals surface area contributed by atoms with Crippen molar-refractivity contribution in [2.75, 3.05) is 25.1 Å². The fourth-order valence-electron chi connectivity index (χ4n) is 2.11. The van der Waals surface area contributed by atoms with Crippen molar-refractivity contribution < 1.29 is 9.53 Å². The number of ether oxygens (including phenoxy) is 1. The van der Waals surface area contributed by atoms with Crippen LogP contribution in [0.2, 0.25) is 5.02 Å². The Morgan fingerprint density at radius 1 is 1.42 bits per heavy atom. The maximum Gasteiger partial charge on any atom is 0.250 e. The average Bonchev–Trinajstić information content (AvgIpc) is 2.43. The van der Waals surface area contributed by atoms with Gasteiger partial charge in [0.2, 0.25) is 5.91 Å². The van der Waals surface area contributed by atoms with Gasteiger partial charge in [-0.1, -0.05) is 30.2 Å². The van der Waals surface area contributed by atoms with Gasteiger partial charge in [0.1, 0.15) is 6.61 Å². The van der Waals surface area contributed by atoms with E-state index in [0.717, 1.165) is 13.0 Å². The van der Waals surface area contributed by atoms with Crippen LogP contribution in [0.3, 0.4) is 0 Å². The molecule has 1 atom stereocenters. The van der Waals surface area contributed by atoms with Gasteiger partial charge in [0, 0.05) is 6.04 Å². The van der Waals surface area contributed by atoms with E-state index >= 15 is 0 Å². The molecule has 1 aliphatic heterocycles. The van der Waals surface area contributed by atoms with Crippen LogP contribution in [0.1, 0.15) is 19.3 Å². The number of amides is 1. The molecular formula is C14H19ClN2O2. The van der Waals surface area contributed by atoms with E-state index in [1.54, 1.807) is 12.1 Å². The molecule has 0 bridgehead atoms. The van der Waals surface area contributed by atoms with Gasteiger partial charge in [-0.25, -0.2) is 0 Å². The standard InChI is InChI=1S/C14H19ClN2O2/c15-12-6-1-2-7-13(12)17-14(18)10-19-9-11-5-3-4-8-16-11/h1-2,6-7,11,16H,3-5,8-10H2,(H,17,18). The van der Waals surface area contributed by atoms with Crippen LogP contribution in [0, 0.1) is 0 Å². The van der Waals surface area contributed by atoms with Gasteiger partial charge in [0.05, 0.1) is 17.3 Å². The number of rotatable bonds is 5. The third-order valence-electron chi connectivity index (χ3n) is 3.11. The van der Waals surface area contributed by atoms with Crippen LogP contribution >= 0.6 is 11.6 Å². The molecule has 2 N–H and O–H groups in total. The Kier molecular flexibility index (Phi) is 5.63. The normalized spacial score (nSPS) is 19.1. The van der Waals surface area contributed by atoms with E-state index in [-0.39, 0.29) is 12.5 Å².